The maximum atomic E-state index is 12.4. The van der Waals surface area contributed by atoms with Crippen LogP contribution in [0.1, 0.15) is 9.67 Å². The van der Waals surface area contributed by atoms with Crippen LogP contribution in [0.2, 0.25) is 0 Å². The van der Waals surface area contributed by atoms with Crippen LogP contribution in [0.4, 0.5) is 5.95 Å². The summed E-state index contributed by atoms with van der Waals surface area (Å²) in [6, 6.07) is 12.7. The predicted molar refractivity (Wildman–Crippen MR) is 95.7 cm³/mol. The smallest absolute Gasteiger partial charge is 0.268 e. The van der Waals surface area contributed by atoms with Gasteiger partial charge in [-0.2, -0.15) is 4.98 Å². The predicted octanol–water partition coefficient (Wildman–Crippen LogP) is 3.36. The van der Waals surface area contributed by atoms with E-state index >= 15 is 0 Å². The number of hydrogen-bond acceptors (Lipinski definition) is 6. The van der Waals surface area contributed by atoms with Gasteiger partial charge in [0.2, 0.25) is 10.7 Å². The number of nitrogens with zero attached hydrogens (tertiary/aromatic N) is 2. The van der Waals surface area contributed by atoms with Gasteiger partial charge in [0.25, 0.3) is 5.91 Å². The molecule has 2 N–H and O–H groups in total. The van der Waals surface area contributed by atoms with E-state index in [0.717, 1.165) is 21.6 Å². The van der Waals surface area contributed by atoms with Gasteiger partial charge in [0, 0.05) is 5.39 Å². The molecular formula is C16H10N4O2S2. The van der Waals surface area contributed by atoms with Gasteiger partial charge in [-0.05, 0) is 29.0 Å². The van der Waals surface area contributed by atoms with Gasteiger partial charge < -0.3 is 0 Å². The molecule has 4 rings (SSSR count). The van der Waals surface area contributed by atoms with Crippen molar-refractivity contribution in [3.8, 4) is 10.7 Å². The molecule has 0 bridgehead atoms. The van der Waals surface area contributed by atoms with Crippen LogP contribution in [-0.2, 0) is 0 Å². The number of H-pyrrole nitrogens is 1. The third-order valence-corrected chi connectivity index (χ3v) is 5.16. The molecule has 4 aromatic rings. The number of nitrogens with one attached hydrogen (secondary N) is 2. The van der Waals surface area contributed by atoms with Crippen molar-refractivity contribution in [1.29, 1.82) is 0 Å². The molecule has 3 heterocycles. The second-order valence-electron chi connectivity index (χ2n) is 4.92. The molecule has 0 aliphatic rings. The first-order chi connectivity index (χ1) is 11.7. The first-order valence-electron chi connectivity index (χ1n) is 7.01. The second-order valence-corrected chi connectivity index (χ2v) is 6.89. The fourth-order valence-electron chi connectivity index (χ4n) is 2.25. The lowest BCUT2D eigenvalue weighted by Crippen LogP contribution is -2.13. The van der Waals surface area contributed by atoms with Crippen molar-refractivity contribution >= 4 is 45.3 Å². The number of aromatic nitrogens is 3. The van der Waals surface area contributed by atoms with E-state index in [1.165, 1.54) is 11.3 Å². The zero-order valence-electron chi connectivity index (χ0n) is 12.1. The van der Waals surface area contributed by atoms with Crippen LogP contribution in [0.15, 0.2) is 52.6 Å². The van der Waals surface area contributed by atoms with E-state index in [-0.39, 0.29) is 10.7 Å². The van der Waals surface area contributed by atoms with Gasteiger partial charge in [-0.1, -0.05) is 35.6 Å². The molecule has 0 aliphatic carbocycles. The minimum Gasteiger partial charge on any atom is -0.288 e. The van der Waals surface area contributed by atoms with E-state index in [9.17, 15) is 9.59 Å². The van der Waals surface area contributed by atoms with Crippen LogP contribution in [0.5, 0.6) is 0 Å². The maximum absolute atomic E-state index is 12.4. The van der Waals surface area contributed by atoms with Crippen molar-refractivity contribution in [2.45, 2.75) is 0 Å². The standard InChI is InChI=1S/C16H10N4O2S2/c21-14(12-8-9-4-1-2-5-10(9)15(22)24-12)18-16-17-13(19-20-16)11-6-3-7-23-11/h1-8H,(H2,17,18,19,20,21). The van der Waals surface area contributed by atoms with Crippen molar-refractivity contribution in [3.05, 3.63) is 62.3 Å². The number of carbonyl (C=O) groups excluding carboxylic acids is 1. The molecule has 0 atom stereocenters. The molecule has 1 amide bonds. The van der Waals surface area contributed by atoms with Crippen molar-refractivity contribution in [2.24, 2.45) is 0 Å². The Bertz CT molecular complexity index is 1080. The number of fused-ring (bicyclic) bond motifs is 1. The molecule has 0 aliphatic heterocycles. The highest BCUT2D eigenvalue weighted by Crippen LogP contribution is 2.22. The van der Waals surface area contributed by atoms with Crippen LogP contribution in [0.25, 0.3) is 21.5 Å². The first kappa shape index (κ1) is 14.7. The summed E-state index contributed by atoms with van der Waals surface area (Å²) in [4.78, 5) is 30.0. The summed E-state index contributed by atoms with van der Waals surface area (Å²) >= 11 is 2.43. The number of amides is 1. The molecule has 0 fully saturated rings. The second kappa shape index (κ2) is 5.99. The Balaban J connectivity index is 1.62. The van der Waals surface area contributed by atoms with Crippen molar-refractivity contribution in [2.75, 3.05) is 5.32 Å². The molecule has 0 unspecified atom stereocenters. The highest BCUT2D eigenvalue weighted by Gasteiger charge is 2.13. The Kier molecular flexibility index (Phi) is 3.68. The number of aromatic amines is 1. The summed E-state index contributed by atoms with van der Waals surface area (Å²) in [6.07, 6.45) is 0. The molecule has 24 heavy (non-hydrogen) atoms. The third-order valence-electron chi connectivity index (χ3n) is 3.36. The quantitative estimate of drug-likeness (QED) is 0.590. The minimum absolute atomic E-state index is 0.146. The molecule has 0 radical (unpaired) electrons. The van der Waals surface area contributed by atoms with Crippen LogP contribution in [-0.4, -0.2) is 21.1 Å². The summed E-state index contributed by atoms with van der Waals surface area (Å²) in [5.74, 6) is 0.364. The van der Waals surface area contributed by atoms with Crippen LogP contribution < -0.4 is 10.1 Å². The fourth-order valence-corrected chi connectivity index (χ4v) is 3.74. The van der Waals surface area contributed by atoms with Gasteiger partial charge >= 0.3 is 0 Å². The van der Waals surface area contributed by atoms with Gasteiger partial charge in [0.05, 0.1) is 9.75 Å². The number of rotatable bonds is 3. The summed E-state index contributed by atoms with van der Waals surface area (Å²) in [5, 5.41) is 12.7. The molecule has 6 nitrogen and oxygen atoms in total. The monoisotopic (exact) mass is 354 g/mol. The number of anilines is 1. The fraction of sp³-hybridized carbons (Fsp3) is 0. The van der Waals surface area contributed by atoms with Gasteiger partial charge in [0.15, 0.2) is 5.82 Å². The summed E-state index contributed by atoms with van der Waals surface area (Å²) in [7, 11) is 0. The van der Waals surface area contributed by atoms with E-state index < -0.39 is 5.91 Å². The minimum atomic E-state index is -0.403. The first-order valence-corrected chi connectivity index (χ1v) is 8.71. The molecule has 1 aromatic carbocycles. The van der Waals surface area contributed by atoms with E-state index in [1.807, 2.05) is 29.6 Å². The average Bonchev–Trinajstić information content (AvgIpc) is 3.26. The number of carbonyl (C=O) groups is 1. The highest BCUT2D eigenvalue weighted by atomic mass is 32.1. The topological polar surface area (TPSA) is 87.7 Å². The van der Waals surface area contributed by atoms with Gasteiger partial charge in [-0.3, -0.25) is 20.0 Å². The highest BCUT2D eigenvalue weighted by molar-refractivity contribution is 7.13. The Morgan fingerprint density at radius 3 is 2.88 bits per heavy atom. The molecular weight excluding hydrogens is 344 g/mol. The lowest BCUT2D eigenvalue weighted by molar-refractivity contribution is 0.102. The Labute approximate surface area is 143 Å². The maximum Gasteiger partial charge on any atom is 0.268 e. The SMILES string of the molecule is O=C(Nc1n[nH]c(-c2cccs2)n1)c1cc2ccccc2c(=O)s1. The molecule has 0 spiro atoms. The Hall–Kier alpha value is -2.84. The van der Waals surface area contributed by atoms with Gasteiger partial charge in [-0.15, -0.1) is 16.4 Å². The number of thiophene rings is 1. The summed E-state index contributed by atoms with van der Waals surface area (Å²) < 4.78 is -0.146. The molecule has 118 valence electrons. The molecule has 8 heteroatoms. The summed E-state index contributed by atoms with van der Waals surface area (Å²) in [6.45, 7) is 0. The van der Waals surface area contributed by atoms with E-state index in [2.05, 4.69) is 20.5 Å². The van der Waals surface area contributed by atoms with Gasteiger partial charge in [0.1, 0.15) is 0 Å². The third kappa shape index (κ3) is 2.72. The van der Waals surface area contributed by atoms with E-state index in [0.29, 0.717) is 16.1 Å². The number of hydrogen-bond donors (Lipinski definition) is 2. The lowest BCUT2D eigenvalue weighted by atomic mass is 10.2. The van der Waals surface area contributed by atoms with Crippen LogP contribution in [0, 0.1) is 0 Å². The van der Waals surface area contributed by atoms with E-state index in [4.69, 9.17) is 0 Å². The van der Waals surface area contributed by atoms with Gasteiger partial charge in [-0.25, -0.2) is 0 Å². The normalized spacial score (nSPS) is 10.8. The van der Waals surface area contributed by atoms with Crippen LogP contribution >= 0.6 is 22.7 Å². The zero-order chi connectivity index (χ0) is 16.5. The zero-order valence-corrected chi connectivity index (χ0v) is 13.8. The van der Waals surface area contributed by atoms with Crippen molar-refractivity contribution in [1.82, 2.24) is 15.2 Å². The molecule has 0 saturated carbocycles. The Morgan fingerprint density at radius 1 is 1.17 bits per heavy atom. The Morgan fingerprint density at radius 2 is 2.04 bits per heavy atom. The van der Waals surface area contributed by atoms with Crippen LogP contribution in [0.3, 0.4) is 0 Å². The summed E-state index contributed by atoms with van der Waals surface area (Å²) in [5.41, 5.74) is 0. The molecule has 0 saturated heterocycles. The van der Waals surface area contributed by atoms with E-state index in [1.54, 1.807) is 18.2 Å². The lowest BCUT2D eigenvalue weighted by Gasteiger charge is -2.01. The largest absolute Gasteiger partial charge is 0.288 e. The van der Waals surface area contributed by atoms with Crippen molar-refractivity contribution < 1.29 is 4.79 Å². The average molecular weight is 354 g/mol. The van der Waals surface area contributed by atoms with Crippen molar-refractivity contribution in [3.63, 3.8) is 0 Å². The molecule has 3 aromatic heterocycles. The number of benzene rings is 1.